The van der Waals surface area contributed by atoms with Gasteiger partial charge in [0, 0.05) is 11.1 Å². The molecule has 0 heterocycles. The van der Waals surface area contributed by atoms with Crippen LogP contribution in [0.4, 0.5) is 0 Å². The van der Waals surface area contributed by atoms with Crippen molar-refractivity contribution in [1.29, 1.82) is 0 Å². The molecule has 0 radical (unpaired) electrons. The van der Waals surface area contributed by atoms with E-state index in [0.717, 1.165) is 0 Å². The number of amides is 1. The molecule has 1 amide bonds. The Balaban J connectivity index is 2.03. The van der Waals surface area contributed by atoms with Crippen LogP contribution in [0.15, 0.2) is 77.9 Å². The number of rotatable bonds is 4. The van der Waals surface area contributed by atoms with E-state index < -0.39 is 5.91 Å². The second kappa shape index (κ2) is 7.40. The Kier molecular flexibility index (Phi) is 4.85. The summed E-state index contributed by atoms with van der Waals surface area (Å²) in [5, 5.41) is 34.2. The third-order valence-corrected chi connectivity index (χ3v) is 3.74. The van der Waals surface area contributed by atoms with Gasteiger partial charge in [-0.25, -0.2) is 5.43 Å². The maximum absolute atomic E-state index is 12.3. The normalized spacial score (nSPS) is 10.2. The molecule has 0 aromatic heterocycles. The summed E-state index contributed by atoms with van der Waals surface area (Å²) in [6, 6.07) is 19.0. The number of hydrogen-bond acceptors (Lipinski definition) is 5. The number of benzene rings is 3. The number of carbonyl (C=O) groups is 1. The molecule has 4 N–H and O–H groups in total. The van der Waals surface area contributed by atoms with Crippen LogP contribution in [-0.2, 0) is 0 Å². The lowest BCUT2D eigenvalue weighted by Gasteiger charge is -2.11. The summed E-state index contributed by atoms with van der Waals surface area (Å²) in [4.78, 5) is 12.3. The molecule has 3 rings (SSSR count). The van der Waals surface area contributed by atoms with Crippen LogP contribution in [0.5, 0.6) is 17.2 Å². The van der Waals surface area contributed by atoms with Crippen molar-refractivity contribution < 1.29 is 20.1 Å². The van der Waals surface area contributed by atoms with E-state index in [2.05, 4.69) is 10.5 Å². The quantitative estimate of drug-likeness (QED) is 0.430. The van der Waals surface area contributed by atoms with E-state index in [4.69, 9.17) is 0 Å². The maximum atomic E-state index is 12.3. The van der Waals surface area contributed by atoms with Gasteiger partial charge in [-0.3, -0.25) is 4.79 Å². The van der Waals surface area contributed by atoms with Gasteiger partial charge in [0.1, 0.15) is 23.0 Å². The Morgan fingerprint density at radius 1 is 0.654 bits per heavy atom. The van der Waals surface area contributed by atoms with Crippen LogP contribution in [-0.4, -0.2) is 26.9 Å². The molecule has 0 fully saturated rings. The minimum Gasteiger partial charge on any atom is -0.507 e. The fourth-order valence-electron chi connectivity index (χ4n) is 2.45. The zero-order valence-electron chi connectivity index (χ0n) is 13.6. The topological polar surface area (TPSA) is 102 Å². The summed E-state index contributed by atoms with van der Waals surface area (Å²) >= 11 is 0. The van der Waals surface area contributed by atoms with Crippen molar-refractivity contribution in [3.8, 4) is 17.2 Å². The van der Waals surface area contributed by atoms with Crippen molar-refractivity contribution in [2.45, 2.75) is 0 Å². The first kappa shape index (κ1) is 17.0. The minimum absolute atomic E-state index is 0.0497. The SMILES string of the molecule is O=C(NN=C(c1ccccc1O)c1ccccc1O)c1ccccc1O. The molecule has 0 bridgehead atoms. The molecule has 0 saturated carbocycles. The molecule has 0 aliphatic carbocycles. The predicted molar refractivity (Wildman–Crippen MR) is 97.4 cm³/mol. The lowest BCUT2D eigenvalue weighted by molar-refractivity contribution is 0.0952. The van der Waals surface area contributed by atoms with E-state index in [9.17, 15) is 20.1 Å². The van der Waals surface area contributed by atoms with Crippen LogP contribution in [0.3, 0.4) is 0 Å². The van der Waals surface area contributed by atoms with Gasteiger partial charge < -0.3 is 15.3 Å². The van der Waals surface area contributed by atoms with Crippen molar-refractivity contribution in [3.05, 3.63) is 89.5 Å². The Labute approximate surface area is 149 Å². The number of carbonyl (C=O) groups excluding carboxylic acids is 1. The van der Waals surface area contributed by atoms with E-state index >= 15 is 0 Å². The lowest BCUT2D eigenvalue weighted by atomic mass is 10.0. The Bertz CT molecular complexity index is 935. The zero-order chi connectivity index (χ0) is 18.5. The second-order valence-electron chi connectivity index (χ2n) is 5.45. The van der Waals surface area contributed by atoms with Crippen LogP contribution < -0.4 is 5.43 Å². The van der Waals surface area contributed by atoms with E-state index in [1.165, 1.54) is 24.3 Å². The average molecular weight is 348 g/mol. The average Bonchev–Trinajstić information content (AvgIpc) is 2.64. The predicted octanol–water partition coefficient (Wildman–Crippen LogP) is 2.99. The molecule has 0 spiro atoms. The first-order chi connectivity index (χ1) is 12.6. The smallest absolute Gasteiger partial charge is 0.275 e. The van der Waals surface area contributed by atoms with Crippen molar-refractivity contribution in [2.75, 3.05) is 0 Å². The van der Waals surface area contributed by atoms with Gasteiger partial charge in [-0.1, -0.05) is 36.4 Å². The number of phenolic OH excluding ortho intramolecular Hbond substituents is 3. The summed E-state index contributed by atoms with van der Waals surface area (Å²) in [7, 11) is 0. The first-order valence-electron chi connectivity index (χ1n) is 7.80. The molecule has 0 aliphatic rings. The number of nitrogens with zero attached hydrogens (tertiary/aromatic N) is 1. The van der Waals surface area contributed by atoms with Crippen LogP contribution in [0.25, 0.3) is 0 Å². The molecule has 6 nitrogen and oxygen atoms in total. The fourth-order valence-corrected chi connectivity index (χ4v) is 2.45. The number of nitrogens with one attached hydrogen (secondary N) is 1. The lowest BCUT2D eigenvalue weighted by Crippen LogP contribution is -2.20. The van der Waals surface area contributed by atoms with Gasteiger partial charge in [-0.2, -0.15) is 5.10 Å². The second-order valence-corrected chi connectivity index (χ2v) is 5.45. The monoisotopic (exact) mass is 348 g/mol. The summed E-state index contributed by atoms with van der Waals surface area (Å²) < 4.78 is 0. The maximum Gasteiger partial charge on any atom is 0.275 e. The van der Waals surface area contributed by atoms with Gasteiger partial charge in [-0.15, -0.1) is 0 Å². The van der Waals surface area contributed by atoms with Crippen molar-refractivity contribution in [3.63, 3.8) is 0 Å². The molecule has 3 aromatic rings. The van der Waals surface area contributed by atoms with Gasteiger partial charge in [0.25, 0.3) is 5.91 Å². The van der Waals surface area contributed by atoms with Gasteiger partial charge in [-0.05, 0) is 36.4 Å². The standard InChI is InChI=1S/C20H16N2O4/c23-16-10-4-1-7-13(16)19(14-8-2-5-11-17(14)24)21-22-20(26)15-9-3-6-12-18(15)25/h1-12,23-25H,(H,22,26). The van der Waals surface area contributed by atoms with Gasteiger partial charge in [0.15, 0.2) is 0 Å². The Morgan fingerprint density at radius 2 is 1.04 bits per heavy atom. The largest absolute Gasteiger partial charge is 0.507 e. The summed E-state index contributed by atoms with van der Waals surface area (Å²) in [6.07, 6.45) is 0. The van der Waals surface area contributed by atoms with Crippen LogP contribution >= 0.6 is 0 Å². The molecule has 3 aromatic carbocycles. The van der Waals surface area contributed by atoms with E-state index in [0.29, 0.717) is 11.1 Å². The highest BCUT2D eigenvalue weighted by Crippen LogP contribution is 2.25. The molecule has 0 atom stereocenters. The summed E-state index contributed by atoms with van der Waals surface area (Å²) in [5.41, 5.74) is 3.28. The molecule has 0 unspecified atom stereocenters. The molecule has 0 aliphatic heterocycles. The number of hydrogen-bond donors (Lipinski definition) is 4. The van der Waals surface area contributed by atoms with Gasteiger partial charge in [0.05, 0.1) is 5.56 Å². The molecule has 130 valence electrons. The van der Waals surface area contributed by atoms with Crippen molar-refractivity contribution in [1.82, 2.24) is 5.43 Å². The zero-order valence-corrected chi connectivity index (χ0v) is 13.6. The van der Waals surface area contributed by atoms with E-state index in [-0.39, 0.29) is 28.5 Å². The van der Waals surface area contributed by atoms with Gasteiger partial charge >= 0.3 is 0 Å². The number of aromatic hydroxyl groups is 3. The third-order valence-electron chi connectivity index (χ3n) is 3.74. The molecule has 6 heteroatoms. The van der Waals surface area contributed by atoms with Gasteiger partial charge in [0.2, 0.25) is 0 Å². The highest BCUT2D eigenvalue weighted by molar-refractivity contribution is 6.16. The van der Waals surface area contributed by atoms with Crippen molar-refractivity contribution in [2.24, 2.45) is 5.10 Å². The first-order valence-corrected chi connectivity index (χ1v) is 7.80. The Hall–Kier alpha value is -3.80. The fraction of sp³-hybridized carbons (Fsp3) is 0. The summed E-state index contributed by atoms with van der Waals surface area (Å²) in [6.45, 7) is 0. The molecule has 26 heavy (non-hydrogen) atoms. The highest BCUT2D eigenvalue weighted by atomic mass is 16.3. The van der Waals surface area contributed by atoms with E-state index in [1.807, 2.05) is 0 Å². The number of hydrazone groups is 1. The molecule has 0 saturated heterocycles. The van der Waals surface area contributed by atoms with Crippen LogP contribution in [0.1, 0.15) is 21.5 Å². The third kappa shape index (κ3) is 3.49. The number of para-hydroxylation sites is 3. The van der Waals surface area contributed by atoms with E-state index in [1.54, 1.807) is 48.5 Å². The minimum atomic E-state index is -0.619. The molecular formula is C20H16N2O4. The number of phenols is 3. The highest BCUT2D eigenvalue weighted by Gasteiger charge is 2.16. The molecular weight excluding hydrogens is 332 g/mol. The van der Waals surface area contributed by atoms with Crippen LogP contribution in [0, 0.1) is 0 Å². The van der Waals surface area contributed by atoms with Crippen molar-refractivity contribution >= 4 is 11.6 Å². The Morgan fingerprint density at radius 3 is 1.46 bits per heavy atom. The summed E-state index contributed by atoms with van der Waals surface area (Å²) in [5.74, 6) is -0.893. The van der Waals surface area contributed by atoms with Crippen LogP contribution in [0.2, 0.25) is 0 Å².